The average molecular weight is 348 g/mol. The molecule has 1 saturated heterocycles. The number of amides is 1. The Kier molecular flexibility index (Phi) is 4.64. The zero-order valence-corrected chi connectivity index (χ0v) is 14.4. The minimum absolute atomic E-state index is 0.0257. The molecule has 1 amide bonds. The monoisotopic (exact) mass is 348 g/mol. The molecular formula is C20H20N4O2. The Labute approximate surface area is 152 Å². The normalized spacial score (nSPS) is 16.6. The van der Waals surface area contributed by atoms with Gasteiger partial charge in [-0.15, -0.1) is 5.10 Å². The highest BCUT2D eigenvalue weighted by Gasteiger charge is 2.28. The first-order valence-electron chi connectivity index (χ1n) is 8.71. The Bertz CT molecular complexity index is 865. The van der Waals surface area contributed by atoms with Crippen LogP contribution in [0.2, 0.25) is 0 Å². The van der Waals surface area contributed by atoms with Crippen LogP contribution in [0, 0.1) is 0 Å². The summed E-state index contributed by atoms with van der Waals surface area (Å²) in [5.74, 6) is 0.726. The van der Waals surface area contributed by atoms with Crippen LogP contribution in [-0.4, -0.2) is 38.9 Å². The van der Waals surface area contributed by atoms with Gasteiger partial charge in [-0.2, -0.15) is 0 Å². The molecule has 0 bridgehead atoms. The highest BCUT2D eigenvalue weighted by atomic mass is 16.5. The molecule has 6 heteroatoms. The van der Waals surface area contributed by atoms with E-state index >= 15 is 0 Å². The Hall–Kier alpha value is -3.15. The lowest BCUT2D eigenvalue weighted by Gasteiger charge is -2.17. The molecule has 0 saturated carbocycles. The maximum absolute atomic E-state index is 12.8. The molecule has 132 valence electrons. The molecule has 4 rings (SSSR count). The number of rotatable bonds is 5. The molecule has 6 nitrogen and oxygen atoms in total. The van der Waals surface area contributed by atoms with Gasteiger partial charge in [-0.3, -0.25) is 4.79 Å². The second kappa shape index (κ2) is 7.39. The summed E-state index contributed by atoms with van der Waals surface area (Å²) in [6.07, 6.45) is 4.40. The fourth-order valence-electron chi connectivity index (χ4n) is 3.20. The molecule has 1 aliphatic heterocycles. The van der Waals surface area contributed by atoms with Crippen molar-refractivity contribution in [2.75, 3.05) is 13.1 Å². The van der Waals surface area contributed by atoms with Crippen LogP contribution in [0.1, 0.15) is 28.4 Å². The lowest BCUT2D eigenvalue weighted by molar-refractivity contribution is 0.0786. The summed E-state index contributed by atoms with van der Waals surface area (Å²) < 4.78 is 7.66. The summed E-state index contributed by atoms with van der Waals surface area (Å²) in [6.45, 7) is 1.85. The highest BCUT2D eigenvalue weighted by molar-refractivity contribution is 5.94. The van der Waals surface area contributed by atoms with Crippen LogP contribution in [-0.2, 0) is 6.61 Å². The van der Waals surface area contributed by atoms with Crippen LogP contribution < -0.4 is 4.74 Å². The summed E-state index contributed by atoms with van der Waals surface area (Å²) in [6, 6.07) is 17.6. The topological polar surface area (TPSA) is 60.2 Å². The van der Waals surface area contributed by atoms with E-state index in [1.165, 1.54) is 0 Å². The van der Waals surface area contributed by atoms with Gasteiger partial charge in [0, 0.05) is 24.8 Å². The average Bonchev–Trinajstić information content (AvgIpc) is 3.38. The van der Waals surface area contributed by atoms with E-state index in [1.807, 2.05) is 70.4 Å². The molecule has 3 aromatic rings. The van der Waals surface area contributed by atoms with Gasteiger partial charge >= 0.3 is 0 Å². The van der Waals surface area contributed by atoms with Crippen LogP contribution in [0.15, 0.2) is 67.0 Å². The van der Waals surface area contributed by atoms with Crippen molar-refractivity contribution in [3.05, 3.63) is 78.1 Å². The number of hydrogen-bond donors (Lipinski definition) is 0. The number of ether oxygens (including phenoxy) is 1. The molecule has 1 unspecified atom stereocenters. The molecule has 0 N–H and O–H groups in total. The van der Waals surface area contributed by atoms with E-state index in [9.17, 15) is 4.79 Å². The molecule has 26 heavy (non-hydrogen) atoms. The minimum Gasteiger partial charge on any atom is -0.489 e. The minimum atomic E-state index is 0.0257. The van der Waals surface area contributed by atoms with Crippen molar-refractivity contribution in [3.8, 4) is 5.75 Å². The Morgan fingerprint density at radius 3 is 2.85 bits per heavy atom. The van der Waals surface area contributed by atoms with Gasteiger partial charge in [0.2, 0.25) is 0 Å². The van der Waals surface area contributed by atoms with E-state index in [4.69, 9.17) is 4.74 Å². The lowest BCUT2D eigenvalue weighted by atomic mass is 10.2. The van der Waals surface area contributed by atoms with Crippen molar-refractivity contribution in [3.63, 3.8) is 0 Å². The van der Waals surface area contributed by atoms with Gasteiger partial charge in [0.15, 0.2) is 0 Å². The van der Waals surface area contributed by atoms with Crippen molar-refractivity contribution >= 4 is 5.91 Å². The first kappa shape index (κ1) is 16.3. The highest BCUT2D eigenvalue weighted by Crippen LogP contribution is 2.23. The Morgan fingerprint density at radius 2 is 2.04 bits per heavy atom. The quantitative estimate of drug-likeness (QED) is 0.711. The fourth-order valence-corrected chi connectivity index (χ4v) is 3.20. The number of carbonyl (C=O) groups is 1. The summed E-state index contributed by atoms with van der Waals surface area (Å²) in [4.78, 5) is 14.7. The lowest BCUT2D eigenvalue weighted by Crippen LogP contribution is -2.29. The van der Waals surface area contributed by atoms with Gasteiger partial charge in [-0.1, -0.05) is 41.6 Å². The van der Waals surface area contributed by atoms with Crippen molar-refractivity contribution in [2.45, 2.75) is 19.1 Å². The van der Waals surface area contributed by atoms with Crippen LogP contribution in [0.3, 0.4) is 0 Å². The third-order valence-electron chi connectivity index (χ3n) is 4.60. The predicted molar refractivity (Wildman–Crippen MR) is 96.8 cm³/mol. The van der Waals surface area contributed by atoms with Crippen LogP contribution in [0.4, 0.5) is 0 Å². The second-order valence-corrected chi connectivity index (χ2v) is 6.38. The number of hydrogen-bond acceptors (Lipinski definition) is 4. The van der Waals surface area contributed by atoms with E-state index in [0.717, 1.165) is 18.5 Å². The van der Waals surface area contributed by atoms with Gasteiger partial charge in [0.05, 0.1) is 12.2 Å². The van der Waals surface area contributed by atoms with Crippen molar-refractivity contribution in [2.24, 2.45) is 0 Å². The number of carbonyl (C=O) groups excluding carboxylic acids is 1. The van der Waals surface area contributed by atoms with Gasteiger partial charge in [-0.05, 0) is 30.2 Å². The second-order valence-electron chi connectivity index (χ2n) is 6.38. The summed E-state index contributed by atoms with van der Waals surface area (Å²) in [7, 11) is 0. The Balaban J connectivity index is 1.40. The van der Waals surface area contributed by atoms with Gasteiger partial charge < -0.3 is 9.64 Å². The number of nitrogens with zero attached hydrogens (tertiary/aromatic N) is 4. The summed E-state index contributed by atoms with van der Waals surface area (Å²) >= 11 is 0. The van der Waals surface area contributed by atoms with Gasteiger partial charge in [0.25, 0.3) is 5.91 Å². The number of benzene rings is 2. The largest absolute Gasteiger partial charge is 0.489 e. The molecule has 0 aliphatic carbocycles. The molecular weight excluding hydrogens is 328 g/mol. The zero-order valence-electron chi connectivity index (χ0n) is 14.4. The van der Waals surface area contributed by atoms with E-state index in [-0.39, 0.29) is 11.9 Å². The van der Waals surface area contributed by atoms with Crippen molar-refractivity contribution < 1.29 is 9.53 Å². The van der Waals surface area contributed by atoms with Crippen LogP contribution >= 0.6 is 0 Å². The molecule has 2 heterocycles. The first-order valence-corrected chi connectivity index (χ1v) is 8.71. The third-order valence-corrected chi connectivity index (χ3v) is 4.60. The van der Waals surface area contributed by atoms with Crippen LogP contribution in [0.25, 0.3) is 0 Å². The van der Waals surface area contributed by atoms with Crippen molar-refractivity contribution in [1.82, 2.24) is 19.9 Å². The molecule has 1 aromatic heterocycles. The Morgan fingerprint density at radius 1 is 1.15 bits per heavy atom. The smallest absolute Gasteiger partial charge is 0.254 e. The molecule has 0 spiro atoms. The third kappa shape index (κ3) is 3.59. The predicted octanol–water partition coefficient (Wildman–Crippen LogP) is 2.94. The first-order chi connectivity index (χ1) is 12.8. The molecule has 2 aromatic carbocycles. The molecule has 1 fully saturated rings. The number of likely N-dealkylation sites (tertiary alicyclic amines) is 1. The van der Waals surface area contributed by atoms with Crippen LogP contribution in [0.5, 0.6) is 5.75 Å². The SMILES string of the molecule is O=C(c1cccc(OCc2ccccc2)c1)N1CCC(n2ccnn2)C1. The molecule has 1 aliphatic rings. The van der Waals surface area contributed by atoms with Gasteiger partial charge in [-0.25, -0.2) is 4.68 Å². The maximum Gasteiger partial charge on any atom is 0.254 e. The summed E-state index contributed by atoms with van der Waals surface area (Å²) in [5.41, 5.74) is 1.74. The molecule has 0 radical (unpaired) electrons. The van der Waals surface area contributed by atoms with E-state index in [0.29, 0.717) is 24.5 Å². The van der Waals surface area contributed by atoms with E-state index < -0.39 is 0 Å². The fraction of sp³-hybridized carbons (Fsp3) is 0.250. The van der Waals surface area contributed by atoms with Gasteiger partial charge in [0.1, 0.15) is 12.4 Å². The van der Waals surface area contributed by atoms with E-state index in [1.54, 1.807) is 6.20 Å². The standard InChI is InChI=1S/C20H20N4O2/c25-20(23-11-9-18(14-23)24-12-10-21-22-24)17-7-4-8-19(13-17)26-15-16-5-2-1-3-6-16/h1-8,10,12-13,18H,9,11,14-15H2. The van der Waals surface area contributed by atoms with E-state index in [2.05, 4.69) is 10.3 Å². The summed E-state index contributed by atoms with van der Waals surface area (Å²) in [5, 5.41) is 7.89. The molecule has 1 atom stereocenters. The maximum atomic E-state index is 12.8. The number of aromatic nitrogens is 3. The zero-order chi connectivity index (χ0) is 17.8. The van der Waals surface area contributed by atoms with Crippen molar-refractivity contribution in [1.29, 1.82) is 0 Å².